The fraction of sp³-hybridized carbons (Fsp3) is 0.556. The van der Waals surface area contributed by atoms with Crippen molar-refractivity contribution in [2.24, 2.45) is 0 Å². The third-order valence-corrected chi connectivity index (χ3v) is 5.30. The van der Waals surface area contributed by atoms with Crippen LogP contribution in [-0.2, 0) is 0 Å². The molecule has 0 atom stereocenters. The van der Waals surface area contributed by atoms with Crippen molar-refractivity contribution in [3.05, 3.63) is 20.9 Å². The molecule has 62 valence electrons. The number of allylic oxidation sites excluding steroid dienone is 4. The SMILES string of the molecule is C[Si](C)(C)C1=CC=C(I)CC1. The molecule has 0 radical (unpaired) electrons. The number of halogens is 1. The lowest BCUT2D eigenvalue weighted by Crippen LogP contribution is -2.24. The van der Waals surface area contributed by atoms with Gasteiger partial charge in [0.05, 0.1) is 8.07 Å². The highest BCUT2D eigenvalue weighted by Crippen LogP contribution is 2.28. The molecule has 0 bridgehead atoms. The van der Waals surface area contributed by atoms with Crippen LogP contribution < -0.4 is 0 Å². The molecule has 11 heavy (non-hydrogen) atoms. The molecule has 0 fully saturated rings. The highest BCUT2D eigenvalue weighted by molar-refractivity contribution is 14.1. The van der Waals surface area contributed by atoms with Crippen LogP contribution in [0, 0.1) is 0 Å². The Hall–Kier alpha value is 0.427. The molecular formula is C9H15ISi. The van der Waals surface area contributed by atoms with E-state index in [9.17, 15) is 0 Å². The van der Waals surface area contributed by atoms with Crippen molar-refractivity contribution in [3.8, 4) is 0 Å². The molecule has 0 saturated heterocycles. The van der Waals surface area contributed by atoms with Gasteiger partial charge >= 0.3 is 0 Å². The van der Waals surface area contributed by atoms with Crippen LogP contribution in [0.5, 0.6) is 0 Å². The zero-order chi connectivity index (χ0) is 8.48. The Balaban J connectivity index is 2.77. The Morgan fingerprint density at radius 3 is 2.18 bits per heavy atom. The van der Waals surface area contributed by atoms with Gasteiger partial charge in [-0.1, -0.05) is 37.0 Å². The molecule has 0 N–H and O–H groups in total. The Bertz CT molecular complexity index is 208. The van der Waals surface area contributed by atoms with Gasteiger partial charge in [-0.2, -0.15) is 0 Å². The van der Waals surface area contributed by atoms with Gasteiger partial charge in [0.25, 0.3) is 0 Å². The van der Waals surface area contributed by atoms with Gasteiger partial charge in [0.15, 0.2) is 0 Å². The summed E-state index contributed by atoms with van der Waals surface area (Å²) in [7, 11) is -0.973. The zero-order valence-electron chi connectivity index (χ0n) is 7.45. The van der Waals surface area contributed by atoms with Gasteiger partial charge in [-0.05, 0) is 39.0 Å². The van der Waals surface area contributed by atoms with Crippen LogP contribution in [0.2, 0.25) is 19.6 Å². The summed E-state index contributed by atoms with van der Waals surface area (Å²) in [6, 6.07) is 0. The Morgan fingerprint density at radius 1 is 1.18 bits per heavy atom. The first-order valence-corrected chi connectivity index (χ1v) is 8.64. The van der Waals surface area contributed by atoms with E-state index < -0.39 is 8.07 Å². The molecule has 2 heteroatoms. The average Bonchev–Trinajstić information content (AvgIpc) is 1.86. The lowest BCUT2D eigenvalue weighted by atomic mass is 10.2. The molecular weight excluding hydrogens is 263 g/mol. The molecule has 0 unspecified atom stereocenters. The monoisotopic (exact) mass is 278 g/mol. The minimum absolute atomic E-state index is 0.973. The van der Waals surface area contributed by atoms with E-state index in [0.717, 1.165) is 0 Å². The van der Waals surface area contributed by atoms with Gasteiger partial charge in [-0.3, -0.25) is 0 Å². The van der Waals surface area contributed by atoms with E-state index in [0.29, 0.717) is 0 Å². The van der Waals surface area contributed by atoms with Gasteiger partial charge in [-0.15, -0.1) is 0 Å². The second-order valence-electron chi connectivity index (χ2n) is 4.06. The number of hydrogen-bond donors (Lipinski definition) is 0. The smallest absolute Gasteiger partial charge is 0.0724 e. The molecule has 0 aromatic rings. The van der Waals surface area contributed by atoms with Gasteiger partial charge in [0.2, 0.25) is 0 Å². The second kappa shape index (κ2) is 3.43. The van der Waals surface area contributed by atoms with E-state index in [1.54, 1.807) is 5.20 Å². The zero-order valence-corrected chi connectivity index (χ0v) is 10.6. The minimum atomic E-state index is -0.973. The molecule has 0 saturated carbocycles. The Morgan fingerprint density at radius 2 is 1.82 bits per heavy atom. The predicted octanol–water partition coefficient (Wildman–Crippen LogP) is 3.90. The highest BCUT2D eigenvalue weighted by atomic mass is 127. The Labute approximate surface area is 83.9 Å². The predicted molar refractivity (Wildman–Crippen MR) is 62.8 cm³/mol. The van der Waals surface area contributed by atoms with E-state index >= 15 is 0 Å². The van der Waals surface area contributed by atoms with Gasteiger partial charge in [-0.25, -0.2) is 0 Å². The van der Waals surface area contributed by atoms with Crippen molar-refractivity contribution in [3.63, 3.8) is 0 Å². The van der Waals surface area contributed by atoms with Crippen molar-refractivity contribution in [1.29, 1.82) is 0 Å². The highest BCUT2D eigenvalue weighted by Gasteiger charge is 2.20. The van der Waals surface area contributed by atoms with Crippen molar-refractivity contribution in [2.45, 2.75) is 32.5 Å². The third kappa shape index (κ3) is 2.74. The minimum Gasteiger partial charge on any atom is -0.0807 e. The van der Waals surface area contributed by atoms with E-state index in [1.165, 1.54) is 16.4 Å². The molecule has 1 rings (SSSR count). The van der Waals surface area contributed by atoms with Crippen molar-refractivity contribution >= 4 is 30.7 Å². The molecule has 0 amide bonds. The van der Waals surface area contributed by atoms with Crippen LogP contribution in [-0.4, -0.2) is 8.07 Å². The van der Waals surface area contributed by atoms with Crippen LogP contribution in [0.1, 0.15) is 12.8 Å². The number of hydrogen-bond acceptors (Lipinski definition) is 0. The van der Waals surface area contributed by atoms with Gasteiger partial charge in [0.1, 0.15) is 0 Å². The summed E-state index contributed by atoms with van der Waals surface area (Å²) in [6.07, 6.45) is 7.20. The summed E-state index contributed by atoms with van der Waals surface area (Å²) >= 11 is 2.43. The molecule has 0 aromatic carbocycles. The summed E-state index contributed by atoms with van der Waals surface area (Å²) < 4.78 is 1.50. The van der Waals surface area contributed by atoms with Crippen LogP contribution in [0.25, 0.3) is 0 Å². The van der Waals surface area contributed by atoms with E-state index in [2.05, 4.69) is 54.4 Å². The third-order valence-electron chi connectivity index (χ3n) is 2.06. The van der Waals surface area contributed by atoms with Gasteiger partial charge < -0.3 is 0 Å². The lowest BCUT2D eigenvalue weighted by molar-refractivity contribution is 0.997. The maximum Gasteiger partial charge on any atom is 0.0724 e. The Kier molecular flexibility index (Phi) is 2.97. The fourth-order valence-corrected chi connectivity index (χ4v) is 3.14. The maximum atomic E-state index is 2.43. The first-order chi connectivity index (χ1) is 5.00. The molecule has 0 aromatic heterocycles. The van der Waals surface area contributed by atoms with Crippen molar-refractivity contribution < 1.29 is 0 Å². The molecule has 1 aliphatic rings. The molecule has 0 aliphatic heterocycles. The fourth-order valence-electron chi connectivity index (χ4n) is 1.24. The van der Waals surface area contributed by atoms with E-state index in [-0.39, 0.29) is 0 Å². The van der Waals surface area contributed by atoms with Crippen LogP contribution in [0.4, 0.5) is 0 Å². The quantitative estimate of drug-likeness (QED) is 0.504. The van der Waals surface area contributed by atoms with E-state index in [1.807, 2.05) is 0 Å². The molecule has 1 aliphatic carbocycles. The standard InChI is InChI=1S/C9H15ISi/c1-11(2,3)9-6-4-8(10)5-7-9/h4,6H,5,7H2,1-3H3. The number of rotatable bonds is 1. The summed E-state index contributed by atoms with van der Waals surface area (Å²) in [6.45, 7) is 7.26. The lowest BCUT2D eigenvalue weighted by Gasteiger charge is -2.22. The van der Waals surface area contributed by atoms with Crippen molar-refractivity contribution in [1.82, 2.24) is 0 Å². The van der Waals surface area contributed by atoms with Crippen LogP contribution in [0.3, 0.4) is 0 Å². The summed E-state index contributed by atoms with van der Waals surface area (Å²) in [5, 5.41) is 1.72. The molecule has 0 nitrogen and oxygen atoms in total. The summed E-state index contributed by atoms with van der Waals surface area (Å²) in [5.74, 6) is 0. The topological polar surface area (TPSA) is 0 Å². The average molecular weight is 278 g/mol. The van der Waals surface area contributed by atoms with Gasteiger partial charge in [0, 0.05) is 0 Å². The molecule has 0 spiro atoms. The largest absolute Gasteiger partial charge is 0.0807 e. The molecule has 0 heterocycles. The van der Waals surface area contributed by atoms with Crippen LogP contribution >= 0.6 is 22.6 Å². The van der Waals surface area contributed by atoms with E-state index in [4.69, 9.17) is 0 Å². The van der Waals surface area contributed by atoms with Crippen molar-refractivity contribution in [2.75, 3.05) is 0 Å². The summed E-state index contributed by atoms with van der Waals surface area (Å²) in [5.41, 5.74) is 0. The summed E-state index contributed by atoms with van der Waals surface area (Å²) in [4.78, 5) is 0. The first-order valence-electron chi connectivity index (χ1n) is 4.06. The maximum absolute atomic E-state index is 2.43. The first kappa shape index (κ1) is 9.51. The van der Waals surface area contributed by atoms with Crippen LogP contribution in [0.15, 0.2) is 20.9 Å². The second-order valence-corrected chi connectivity index (χ2v) is 10.6. The normalized spacial score (nSPS) is 19.3.